The topological polar surface area (TPSA) is 51.5 Å². The fourth-order valence-electron chi connectivity index (χ4n) is 2.35. The molecule has 0 aliphatic rings. The van der Waals surface area contributed by atoms with Gasteiger partial charge in [0.15, 0.2) is 5.82 Å². The van der Waals surface area contributed by atoms with Gasteiger partial charge < -0.3 is 14.5 Å². The van der Waals surface area contributed by atoms with Crippen molar-refractivity contribution in [2.24, 2.45) is 0 Å². The molecule has 1 heterocycles. The minimum absolute atomic E-state index is 0.0113. The molecule has 0 saturated heterocycles. The lowest BCUT2D eigenvalue weighted by atomic mass is 10.1. The van der Waals surface area contributed by atoms with Crippen molar-refractivity contribution in [3.8, 4) is 5.75 Å². The SMILES string of the molecule is COc1ccc2c(CC(=O)Nc3c(F)cc(F)cc3Br)coc2c1. The van der Waals surface area contributed by atoms with Crippen LogP contribution >= 0.6 is 15.9 Å². The highest BCUT2D eigenvalue weighted by molar-refractivity contribution is 9.10. The van der Waals surface area contributed by atoms with Crippen molar-refractivity contribution in [3.63, 3.8) is 0 Å². The summed E-state index contributed by atoms with van der Waals surface area (Å²) in [5, 5.41) is 3.21. The lowest BCUT2D eigenvalue weighted by Crippen LogP contribution is -2.15. The number of furan rings is 1. The van der Waals surface area contributed by atoms with Gasteiger partial charge in [0.2, 0.25) is 5.91 Å². The van der Waals surface area contributed by atoms with E-state index in [-0.39, 0.29) is 16.6 Å². The van der Waals surface area contributed by atoms with Crippen LogP contribution < -0.4 is 10.1 Å². The molecule has 0 aliphatic carbocycles. The first-order valence-corrected chi connectivity index (χ1v) is 7.75. The fraction of sp³-hybridized carbons (Fsp3) is 0.118. The Kier molecular flexibility index (Phi) is 4.53. The highest BCUT2D eigenvalue weighted by Crippen LogP contribution is 2.28. The van der Waals surface area contributed by atoms with Gasteiger partial charge in [-0.25, -0.2) is 8.78 Å². The summed E-state index contributed by atoms with van der Waals surface area (Å²) >= 11 is 3.03. The molecule has 0 saturated carbocycles. The molecule has 0 aliphatic heterocycles. The molecule has 1 amide bonds. The molecule has 3 rings (SSSR count). The minimum Gasteiger partial charge on any atom is -0.497 e. The van der Waals surface area contributed by atoms with Gasteiger partial charge in [0, 0.05) is 27.6 Å². The summed E-state index contributed by atoms with van der Waals surface area (Å²) in [6.07, 6.45) is 1.46. The van der Waals surface area contributed by atoms with E-state index >= 15 is 0 Å². The Morgan fingerprint density at radius 3 is 2.79 bits per heavy atom. The summed E-state index contributed by atoms with van der Waals surface area (Å²) in [7, 11) is 1.55. The molecule has 124 valence electrons. The highest BCUT2D eigenvalue weighted by atomic mass is 79.9. The van der Waals surface area contributed by atoms with Crippen molar-refractivity contribution in [3.05, 3.63) is 58.3 Å². The maximum atomic E-state index is 13.8. The van der Waals surface area contributed by atoms with Gasteiger partial charge in [-0.1, -0.05) is 0 Å². The smallest absolute Gasteiger partial charge is 0.229 e. The van der Waals surface area contributed by atoms with Crippen LogP contribution in [-0.2, 0) is 11.2 Å². The summed E-state index contributed by atoms with van der Waals surface area (Å²) < 4.78 is 37.5. The van der Waals surface area contributed by atoms with Gasteiger partial charge in [-0.3, -0.25) is 4.79 Å². The Morgan fingerprint density at radius 1 is 1.29 bits per heavy atom. The number of anilines is 1. The molecular weight excluding hydrogens is 384 g/mol. The van der Waals surface area contributed by atoms with Crippen LogP contribution in [0.5, 0.6) is 5.75 Å². The Bertz CT molecular complexity index is 900. The molecule has 1 aromatic heterocycles. The average Bonchev–Trinajstić information content (AvgIpc) is 2.93. The van der Waals surface area contributed by atoms with Crippen LogP contribution in [0.1, 0.15) is 5.56 Å². The van der Waals surface area contributed by atoms with E-state index in [4.69, 9.17) is 9.15 Å². The lowest BCUT2D eigenvalue weighted by Gasteiger charge is -2.08. The van der Waals surface area contributed by atoms with Gasteiger partial charge in [-0.2, -0.15) is 0 Å². The number of rotatable bonds is 4. The third-order valence-electron chi connectivity index (χ3n) is 3.49. The van der Waals surface area contributed by atoms with E-state index in [9.17, 15) is 13.6 Å². The second kappa shape index (κ2) is 6.60. The Hall–Kier alpha value is -2.41. The number of hydrogen-bond donors (Lipinski definition) is 1. The van der Waals surface area contributed by atoms with Crippen LogP contribution in [0.2, 0.25) is 0 Å². The van der Waals surface area contributed by atoms with Gasteiger partial charge in [0.05, 0.1) is 25.5 Å². The normalized spacial score (nSPS) is 10.8. The number of ether oxygens (including phenoxy) is 1. The van der Waals surface area contributed by atoms with Crippen LogP contribution in [0.4, 0.5) is 14.5 Å². The molecule has 0 atom stereocenters. The van der Waals surface area contributed by atoms with E-state index in [1.807, 2.05) is 0 Å². The van der Waals surface area contributed by atoms with Crippen LogP contribution in [0, 0.1) is 11.6 Å². The van der Waals surface area contributed by atoms with Crippen molar-refractivity contribution in [1.29, 1.82) is 0 Å². The zero-order valence-electron chi connectivity index (χ0n) is 12.5. The first-order chi connectivity index (χ1) is 11.5. The first kappa shape index (κ1) is 16.4. The quantitative estimate of drug-likeness (QED) is 0.698. The molecule has 1 N–H and O–H groups in total. The van der Waals surface area contributed by atoms with E-state index in [0.29, 0.717) is 23.0 Å². The number of nitrogens with one attached hydrogen (secondary N) is 1. The molecule has 3 aromatic rings. The number of halogens is 3. The van der Waals surface area contributed by atoms with Crippen molar-refractivity contribution in [2.45, 2.75) is 6.42 Å². The second-order valence-corrected chi connectivity index (χ2v) is 5.95. The van der Waals surface area contributed by atoms with Gasteiger partial charge in [0.25, 0.3) is 0 Å². The summed E-state index contributed by atoms with van der Waals surface area (Å²) in [4.78, 5) is 12.2. The van der Waals surface area contributed by atoms with Crippen molar-refractivity contribution in [1.82, 2.24) is 0 Å². The molecule has 0 fully saturated rings. The molecule has 2 aromatic carbocycles. The largest absolute Gasteiger partial charge is 0.497 e. The van der Waals surface area contributed by atoms with E-state index in [0.717, 1.165) is 11.5 Å². The van der Waals surface area contributed by atoms with Gasteiger partial charge in [0.1, 0.15) is 17.1 Å². The number of carbonyl (C=O) groups excluding carboxylic acids is 1. The second-order valence-electron chi connectivity index (χ2n) is 5.09. The molecule has 4 nitrogen and oxygen atoms in total. The maximum Gasteiger partial charge on any atom is 0.229 e. The number of carbonyl (C=O) groups is 1. The average molecular weight is 396 g/mol. The Balaban J connectivity index is 1.81. The van der Waals surface area contributed by atoms with Crippen LogP contribution in [0.15, 0.2) is 45.5 Å². The minimum atomic E-state index is -0.850. The molecule has 0 radical (unpaired) electrons. The lowest BCUT2D eigenvalue weighted by molar-refractivity contribution is -0.115. The Labute approximate surface area is 144 Å². The number of fused-ring (bicyclic) bond motifs is 1. The standard InChI is InChI=1S/C17H12BrF2NO3/c1-23-11-2-3-12-9(8-24-15(12)7-11)4-16(22)21-17-13(18)5-10(19)6-14(17)20/h2-3,5-8H,4H2,1H3,(H,21,22). The van der Waals surface area contributed by atoms with E-state index in [1.165, 1.54) is 6.26 Å². The van der Waals surface area contributed by atoms with Gasteiger partial charge >= 0.3 is 0 Å². The predicted octanol–water partition coefficient (Wildman–Crippen LogP) is 4.66. The van der Waals surface area contributed by atoms with Crippen LogP contribution in [0.25, 0.3) is 11.0 Å². The number of hydrogen-bond acceptors (Lipinski definition) is 3. The van der Waals surface area contributed by atoms with Gasteiger partial charge in [-0.05, 0) is 34.1 Å². The van der Waals surface area contributed by atoms with Crippen LogP contribution in [-0.4, -0.2) is 13.0 Å². The first-order valence-electron chi connectivity index (χ1n) is 6.96. The summed E-state index contributed by atoms with van der Waals surface area (Å²) in [5.41, 5.74) is 1.14. The monoisotopic (exact) mass is 395 g/mol. The zero-order chi connectivity index (χ0) is 17.3. The third-order valence-corrected chi connectivity index (χ3v) is 4.11. The Morgan fingerprint density at radius 2 is 2.08 bits per heavy atom. The zero-order valence-corrected chi connectivity index (χ0v) is 14.1. The molecule has 0 spiro atoms. The molecule has 24 heavy (non-hydrogen) atoms. The molecule has 7 heteroatoms. The van der Waals surface area contributed by atoms with Crippen molar-refractivity contribution in [2.75, 3.05) is 12.4 Å². The third kappa shape index (κ3) is 3.26. The number of amides is 1. The fourth-order valence-corrected chi connectivity index (χ4v) is 2.85. The summed E-state index contributed by atoms with van der Waals surface area (Å²) in [6.45, 7) is 0. The van der Waals surface area contributed by atoms with Crippen LogP contribution in [0.3, 0.4) is 0 Å². The summed E-state index contributed by atoms with van der Waals surface area (Å²) in [5.74, 6) is -1.38. The van der Waals surface area contributed by atoms with E-state index in [2.05, 4.69) is 21.2 Å². The molecular formula is C17H12BrF2NO3. The maximum absolute atomic E-state index is 13.8. The summed E-state index contributed by atoms with van der Waals surface area (Å²) in [6, 6.07) is 7.05. The van der Waals surface area contributed by atoms with E-state index < -0.39 is 17.5 Å². The van der Waals surface area contributed by atoms with E-state index in [1.54, 1.807) is 25.3 Å². The predicted molar refractivity (Wildman–Crippen MR) is 89.2 cm³/mol. The number of benzene rings is 2. The van der Waals surface area contributed by atoms with Crippen molar-refractivity contribution < 1.29 is 22.7 Å². The molecule has 0 bridgehead atoms. The number of methoxy groups -OCH3 is 1. The van der Waals surface area contributed by atoms with Gasteiger partial charge in [-0.15, -0.1) is 0 Å². The highest BCUT2D eigenvalue weighted by Gasteiger charge is 2.15. The molecule has 0 unspecified atom stereocenters. The van der Waals surface area contributed by atoms with Crippen molar-refractivity contribution >= 4 is 38.5 Å².